The largest absolute Gasteiger partial charge is 0.337 e. The molecular formula is C22H21FN6O. The lowest BCUT2D eigenvalue weighted by molar-refractivity contribution is 0.0745. The number of para-hydroxylation sites is 1. The number of amides is 1. The van der Waals surface area contributed by atoms with E-state index in [9.17, 15) is 9.18 Å². The number of carbonyl (C=O) groups excluding carboxylic acids is 1. The van der Waals surface area contributed by atoms with Gasteiger partial charge in [-0.2, -0.15) is 4.52 Å². The topological polar surface area (TPSA) is 66.6 Å². The lowest BCUT2D eigenvalue weighted by Gasteiger charge is -2.35. The molecule has 30 heavy (non-hydrogen) atoms. The SMILES string of the molecule is Cc1nc2c3ccccc3nc(N3CCN(C(=O)c4ccc(C)c(F)c4)CC3)n2n1. The predicted octanol–water partition coefficient (Wildman–Crippen LogP) is 3.00. The Morgan fingerprint density at radius 2 is 1.77 bits per heavy atom. The molecule has 2 aromatic heterocycles. The number of nitrogens with zero attached hydrogens (tertiary/aromatic N) is 6. The van der Waals surface area contributed by atoms with Crippen LogP contribution in [0.5, 0.6) is 0 Å². The first kappa shape index (κ1) is 18.5. The molecule has 0 N–H and O–H groups in total. The van der Waals surface area contributed by atoms with Crippen LogP contribution in [0.4, 0.5) is 10.3 Å². The van der Waals surface area contributed by atoms with Crippen molar-refractivity contribution < 1.29 is 9.18 Å². The molecule has 0 spiro atoms. The Morgan fingerprint density at radius 3 is 2.53 bits per heavy atom. The molecule has 0 radical (unpaired) electrons. The Bertz CT molecular complexity index is 1280. The van der Waals surface area contributed by atoms with Crippen molar-refractivity contribution in [3.8, 4) is 0 Å². The van der Waals surface area contributed by atoms with Gasteiger partial charge < -0.3 is 9.80 Å². The van der Waals surface area contributed by atoms with Crippen LogP contribution < -0.4 is 4.90 Å². The van der Waals surface area contributed by atoms with Gasteiger partial charge in [0, 0.05) is 37.1 Å². The molecule has 1 aliphatic rings. The number of aromatic nitrogens is 4. The number of anilines is 1. The second-order valence-corrected chi connectivity index (χ2v) is 7.57. The van der Waals surface area contributed by atoms with Crippen molar-refractivity contribution in [2.45, 2.75) is 13.8 Å². The lowest BCUT2D eigenvalue weighted by Crippen LogP contribution is -2.49. The average molecular weight is 404 g/mol. The summed E-state index contributed by atoms with van der Waals surface area (Å²) in [4.78, 5) is 26.1. The molecule has 0 unspecified atom stereocenters. The van der Waals surface area contributed by atoms with Crippen molar-refractivity contribution in [2.75, 3.05) is 31.1 Å². The summed E-state index contributed by atoms with van der Waals surface area (Å²) in [6.45, 7) is 5.82. The van der Waals surface area contributed by atoms with E-state index in [1.54, 1.807) is 28.5 Å². The Balaban J connectivity index is 1.42. The summed E-state index contributed by atoms with van der Waals surface area (Å²) in [5, 5.41) is 5.49. The highest BCUT2D eigenvalue weighted by molar-refractivity contribution is 5.94. The highest BCUT2D eigenvalue weighted by atomic mass is 19.1. The number of carbonyl (C=O) groups is 1. The molecule has 3 heterocycles. The Kier molecular flexibility index (Phi) is 4.34. The van der Waals surface area contributed by atoms with Crippen molar-refractivity contribution in [2.24, 2.45) is 0 Å². The van der Waals surface area contributed by atoms with E-state index in [0.29, 0.717) is 43.1 Å². The van der Waals surface area contributed by atoms with E-state index in [1.165, 1.54) is 6.07 Å². The maximum Gasteiger partial charge on any atom is 0.254 e. The highest BCUT2D eigenvalue weighted by Gasteiger charge is 2.25. The molecule has 8 heteroatoms. The minimum absolute atomic E-state index is 0.151. The summed E-state index contributed by atoms with van der Waals surface area (Å²) < 4.78 is 15.6. The fourth-order valence-corrected chi connectivity index (χ4v) is 3.87. The van der Waals surface area contributed by atoms with Crippen molar-refractivity contribution in [3.63, 3.8) is 0 Å². The van der Waals surface area contributed by atoms with Gasteiger partial charge in [0.2, 0.25) is 5.95 Å². The number of benzene rings is 2. The van der Waals surface area contributed by atoms with E-state index in [1.807, 2.05) is 31.2 Å². The van der Waals surface area contributed by atoms with E-state index < -0.39 is 0 Å². The zero-order valence-corrected chi connectivity index (χ0v) is 16.8. The van der Waals surface area contributed by atoms with Crippen LogP contribution in [0.3, 0.4) is 0 Å². The summed E-state index contributed by atoms with van der Waals surface area (Å²) in [7, 11) is 0. The van der Waals surface area contributed by atoms with E-state index in [0.717, 1.165) is 22.5 Å². The second-order valence-electron chi connectivity index (χ2n) is 7.57. The fraction of sp³-hybridized carbons (Fsp3) is 0.273. The van der Waals surface area contributed by atoms with Crippen LogP contribution in [0.2, 0.25) is 0 Å². The van der Waals surface area contributed by atoms with Crippen molar-refractivity contribution in [3.05, 3.63) is 65.2 Å². The summed E-state index contributed by atoms with van der Waals surface area (Å²) in [5.74, 6) is 0.896. The molecule has 0 saturated carbocycles. The number of hydrogen-bond acceptors (Lipinski definition) is 5. The lowest BCUT2D eigenvalue weighted by atomic mass is 10.1. The van der Waals surface area contributed by atoms with E-state index in [4.69, 9.17) is 4.98 Å². The summed E-state index contributed by atoms with van der Waals surface area (Å²) in [6.07, 6.45) is 0. The minimum Gasteiger partial charge on any atom is -0.337 e. The average Bonchev–Trinajstić information content (AvgIpc) is 3.16. The number of halogens is 1. The molecule has 0 bridgehead atoms. The molecule has 5 rings (SSSR count). The third kappa shape index (κ3) is 3.04. The Labute approximate surface area is 172 Å². The highest BCUT2D eigenvalue weighted by Crippen LogP contribution is 2.24. The monoisotopic (exact) mass is 404 g/mol. The first-order valence-electron chi connectivity index (χ1n) is 9.94. The first-order chi connectivity index (χ1) is 14.5. The van der Waals surface area contributed by atoms with Gasteiger partial charge >= 0.3 is 0 Å². The molecule has 4 aromatic rings. The van der Waals surface area contributed by atoms with Crippen LogP contribution in [0.25, 0.3) is 16.6 Å². The molecule has 1 fully saturated rings. The number of rotatable bonds is 2. The van der Waals surface area contributed by atoms with Gasteiger partial charge in [-0.05, 0) is 43.7 Å². The van der Waals surface area contributed by atoms with Crippen LogP contribution in [0.1, 0.15) is 21.7 Å². The molecule has 0 atom stereocenters. The first-order valence-corrected chi connectivity index (χ1v) is 9.94. The van der Waals surface area contributed by atoms with E-state index in [-0.39, 0.29) is 11.7 Å². The predicted molar refractivity (Wildman–Crippen MR) is 112 cm³/mol. The minimum atomic E-state index is -0.358. The van der Waals surface area contributed by atoms with Crippen LogP contribution >= 0.6 is 0 Å². The summed E-state index contributed by atoms with van der Waals surface area (Å²) in [6, 6.07) is 12.5. The molecule has 1 saturated heterocycles. The second kappa shape index (κ2) is 7.05. The van der Waals surface area contributed by atoms with Gasteiger partial charge in [-0.1, -0.05) is 18.2 Å². The molecular weight excluding hydrogens is 383 g/mol. The van der Waals surface area contributed by atoms with E-state index in [2.05, 4.69) is 15.0 Å². The molecule has 1 amide bonds. The normalized spacial score (nSPS) is 14.6. The zero-order chi connectivity index (χ0) is 20.8. The van der Waals surface area contributed by atoms with Gasteiger partial charge in [-0.25, -0.2) is 14.4 Å². The number of fused-ring (bicyclic) bond motifs is 3. The van der Waals surface area contributed by atoms with Crippen molar-refractivity contribution >= 4 is 28.4 Å². The van der Waals surface area contributed by atoms with E-state index >= 15 is 0 Å². The third-order valence-corrected chi connectivity index (χ3v) is 5.54. The van der Waals surface area contributed by atoms with Crippen LogP contribution in [-0.4, -0.2) is 56.6 Å². The summed E-state index contributed by atoms with van der Waals surface area (Å²) >= 11 is 0. The summed E-state index contributed by atoms with van der Waals surface area (Å²) in [5.41, 5.74) is 2.55. The maximum absolute atomic E-state index is 13.9. The molecule has 7 nitrogen and oxygen atoms in total. The van der Waals surface area contributed by atoms with Crippen molar-refractivity contribution in [1.29, 1.82) is 0 Å². The Hall–Kier alpha value is -3.55. The number of aryl methyl sites for hydroxylation is 2. The zero-order valence-electron chi connectivity index (χ0n) is 16.8. The number of piperazine rings is 1. The van der Waals surface area contributed by atoms with Gasteiger partial charge in [0.05, 0.1) is 5.52 Å². The number of hydrogen-bond donors (Lipinski definition) is 0. The van der Waals surface area contributed by atoms with Crippen LogP contribution in [0, 0.1) is 19.7 Å². The van der Waals surface area contributed by atoms with Gasteiger partial charge in [0.15, 0.2) is 5.65 Å². The fourth-order valence-electron chi connectivity index (χ4n) is 3.87. The third-order valence-electron chi connectivity index (χ3n) is 5.54. The van der Waals surface area contributed by atoms with Gasteiger partial charge in [0.1, 0.15) is 11.6 Å². The van der Waals surface area contributed by atoms with Crippen LogP contribution in [-0.2, 0) is 0 Å². The molecule has 2 aromatic carbocycles. The van der Waals surface area contributed by atoms with Crippen LogP contribution in [0.15, 0.2) is 42.5 Å². The van der Waals surface area contributed by atoms with Gasteiger partial charge in [-0.15, -0.1) is 5.10 Å². The molecule has 1 aliphatic heterocycles. The quantitative estimate of drug-likeness (QED) is 0.514. The molecule has 152 valence electrons. The Morgan fingerprint density at radius 1 is 1.00 bits per heavy atom. The van der Waals surface area contributed by atoms with Gasteiger partial charge in [-0.3, -0.25) is 4.79 Å². The standard InChI is InChI=1S/C22H21FN6O/c1-14-7-8-16(13-18(14)23)21(30)27-9-11-28(12-10-27)22-25-19-6-4-3-5-17(19)20-24-15(2)26-29(20)22/h3-8,13H,9-12H2,1-2H3. The molecule has 0 aliphatic carbocycles. The maximum atomic E-state index is 13.9. The van der Waals surface area contributed by atoms with Gasteiger partial charge in [0.25, 0.3) is 5.91 Å². The smallest absolute Gasteiger partial charge is 0.254 e. The van der Waals surface area contributed by atoms with Crippen molar-refractivity contribution in [1.82, 2.24) is 24.5 Å².